The normalized spacial score (nSPS) is 11.9. The van der Waals surface area contributed by atoms with Crippen LogP contribution in [0.3, 0.4) is 0 Å². The van der Waals surface area contributed by atoms with Crippen LogP contribution in [0.4, 0.5) is 5.69 Å². The fourth-order valence-electron chi connectivity index (χ4n) is 4.63. The van der Waals surface area contributed by atoms with Crippen molar-refractivity contribution in [3.63, 3.8) is 0 Å². The summed E-state index contributed by atoms with van der Waals surface area (Å²) in [5, 5.41) is 19.3. The number of aromatic nitrogens is 6. The van der Waals surface area contributed by atoms with Gasteiger partial charge in [0.05, 0.1) is 33.6 Å². The maximum Gasteiger partial charge on any atom is 0.271 e. The summed E-state index contributed by atoms with van der Waals surface area (Å²) in [6.07, 6.45) is 3.11. The number of amides is 1. The second-order valence-corrected chi connectivity index (χ2v) is 12.8. The predicted octanol–water partition coefficient (Wildman–Crippen LogP) is 4.65. The first kappa shape index (κ1) is 29.0. The zero-order valence-corrected chi connectivity index (χ0v) is 25.8. The topological polar surface area (TPSA) is 149 Å². The van der Waals surface area contributed by atoms with Gasteiger partial charge in [-0.3, -0.25) is 9.52 Å². The third kappa shape index (κ3) is 5.64. The number of rotatable bonds is 8. The summed E-state index contributed by atoms with van der Waals surface area (Å²) in [6.45, 7) is 5.59. The molecule has 0 spiro atoms. The highest BCUT2D eigenvalue weighted by atomic mass is 32.2. The van der Waals surface area contributed by atoms with E-state index < -0.39 is 15.9 Å². The number of anilines is 1. The maximum absolute atomic E-state index is 13.1. The summed E-state index contributed by atoms with van der Waals surface area (Å²) in [7, 11) is -2.07. The molecule has 44 heavy (non-hydrogen) atoms. The summed E-state index contributed by atoms with van der Waals surface area (Å²) in [4.78, 5) is 17.8. The van der Waals surface area contributed by atoms with Gasteiger partial charge >= 0.3 is 0 Å². The number of nitrogens with one attached hydrogen (secondary N) is 2. The van der Waals surface area contributed by atoms with E-state index in [0.717, 1.165) is 27.1 Å². The Balaban J connectivity index is 1.26. The lowest BCUT2D eigenvalue weighted by atomic mass is 10.1. The number of hydrogen-bond acceptors (Lipinski definition) is 9. The molecule has 2 N–H and O–H groups in total. The summed E-state index contributed by atoms with van der Waals surface area (Å²) in [5.74, 6) is -0.573. The van der Waals surface area contributed by atoms with E-state index in [9.17, 15) is 13.2 Å². The molecule has 3 aromatic carbocycles. The molecule has 0 saturated carbocycles. The van der Waals surface area contributed by atoms with E-state index >= 15 is 0 Å². The van der Waals surface area contributed by atoms with Crippen molar-refractivity contribution in [2.75, 3.05) is 4.72 Å². The van der Waals surface area contributed by atoms with Gasteiger partial charge in [0.1, 0.15) is 11.4 Å². The molecule has 0 aliphatic heterocycles. The Hall–Kier alpha value is -5.08. The van der Waals surface area contributed by atoms with Crippen molar-refractivity contribution < 1.29 is 13.2 Å². The van der Waals surface area contributed by atoms with Crippen LogP contribution in [-0.4, -0.2) is 49.9 Å². The number of nitrogens with zero attached hydrogens (tertiary/aromatic N) is 7. The first-order valence-corrected chi connectivity index (χ1v) is 15.7. The molecule has 0 atom stereocenters. The number of carbonyl (C=O) groups excluding carboxylic acids is 1. The van der Waals surface area contributed by atoms with Crippen molar-refractivity contribution in [2.45, 2.75) is 35.8 Å². The molecule has 3 heterocycles. The first-order chi connectivity index (χ1) is 21.1. The highest BCUT2D eigenvalue weighted by Gasteiger charge is 2.19. The van der Waals surface area contributed by atoms with Crippen LogP contribution in [0.15, 0.2) is 93.2 Å². The van der Waals surface area contributed by atoms with E-state index in [1.165, 1.54) is 42.2 Å². The second-order valence-electron chi connectivity index (χ2n) is 10.1. The van der Waals surface area contributed by atoms with Gasteiger partial charge in [0.25, 0.3) is 15.9 Å². The predicted molar refractivity (Wildman–Crippen MR) is 169 cm³/mol. The summed E-state index contributed by atoms with van der Waals surface area (Å²) in [6, 6.07) is 19.0. The van der Waals surface area contributed by atoms with Crippen LogP contribution < -0.4 is 10.1 Å². The van der Waals surface area contributed by atoms with Crippen molar-refractivity contribution in [2.24, 2.45) is 12.1 Å². The minimum absolute atomic E-state index is 0.0448. The van der Waals surface area contributed by atoms with Crippen molar-refractivity contribution in [3.05, 3.63) is 101 Å². The molecule has 0 aliphatic rings. The van der Waals surface area contributed by atoms with Crippen molar-refractivity contribution in [1.82, 2.24) is 34.8 Å². The van der Waals surface area contributed by atoms with Crippen molar-refractivity contribution >= 4 is 56.1 Å². The quantitative estimate of drug-likeness (QED) is 0.141. The van der Waals surface area contributed by atoms with Crippen LogP contribution in [0.1, 0.15) is 32.7 Å². The fraction of sp³-hybridized carbons (Fsp3) is 0.133. The molecule has 0 saturated heterocycles. The Morgan fingerprint density at radius 1 is 1.02 bits per heavy atom. The standard InChI is InChI=1S/C30H27N9O3S2/c1-18-12-13-25(19(2)14-18)37-44(41,42)22-9-7-8-21(15-22)28(40)34-31-16-24-20(3)36-39-26-11-6-5-10-23(26)29(33-27(24)39)43-30-35-32-17-38(30)4/h5-17,37H,1-4H3,(H,34,40). The van der Waals surface area contributed by atoms with Crippen LogP contribution in [0.2, 0.25) is 0 Å². The molecular weight excluding hydrogens is 599 g/mol. The van der Waals surface area contributed by atoms with Gasteiger partial charge in [0.15, 0.2) is 10.8 Å². The summed E-state index contributed by atoms with van der Waals surface area (Å²) < 4.78 is 32.3. The minimum atomic E-state index is -3.93. The molecule has 12 nitrogen and oxygen atoms in total. The Morgan fingerprint density at radius 3 is 2.61 bits per heavy atom. The van der Waals surface area contributed by atoms with Crippen LogP contribution in [0.5, 0.6) is 0 Å². The number of benzene rings is 3. The largest absolute Gasteiger partial charge is 0.311 e. The van der Waals surface area contributed by atoms with Crippen LogP contribution in [0, 0.1) is 20.8 Å². The molecule has 3 aromatic heterocycles. The Kier molecular flexibility index (Phi) is 7.61. The van der Waals surface area contributed by atoms with Gasteiger partial charge in [-0.1, -0.05) is 42.0 Å². The van der Waals surface area contributed by atoms with Gasteiger partial charge in [0.2, 0.25) is 0 Å². The van der Waals surface area contributed by atoms with E-state index in [4.69, 9.17) is 4.98 Å². The van der Waals surface area contributed by atoms with E-state index in [1.54, 1.807) is 16.9 Å². The van der Waals surface area contributed by atoms with E-state index in [0.29, 0.717) is 27.7 Å². The Bertz CT molecular complexity index is 2200. The SMILES string of the molecule is Cc1ccc(NS(=O)(=O)c2cccc(C(=O)NN=Cc3c(C)nn4c3nc(Sc3nncn3C)c3ccccc34)c2)c(C)c1. The molecule has 222 valence electrons. The van der Waals surface area contributed by atoms with Gasteiger partial charge in [-0.05, 0) is 68.4 Å². The Labute approximate surface area is 257 Å². The molecule has 0 bridgehead atoms. The lowest BCUT2D eigenvalue weighted by molar-refractivity contribution is 0.0955. The molecule has 14 heteroatoms. The van der Waals surface area contributed by atoms with Crippen LogP contribution >= 0.6 is 11.8 Å². The molecule has 0 fully saturated rings. The lowest BCUT2D eigenvalue weighted by Gasteiger charge is -2.12. The molecule has 0 radical (unpaired) electrons. The fourth-order valence-corrected chi connectivity index (χ4v) is 6.68. The van der Waals surface area contributed by atoms with Crippen molar-refractivity contribution in [1.29, 1.82) is 0 Å². The molecule has 1 amide bonds. The first-order valence-electron chi connectivity index (χ1n) is 13.4. The monoisotopic (exact) mass is 625 g/mol. The average molecular weight is 626 g/mol. The van der Waals surface area contributed by atoms with Crippen LogP contribution in [0.25, 0.3) is 16.6 Å². The molecule has 6 rings (SSSR count). The number of sulfonamides is 1. The summed E-state index contributed by atoms with van der Waals surface area (Å²) >= 11 is 1.38. The number of aryl methyl sites for hydroxylation is 4. The zero-order chi connectivity index (χ0) is 31.0. The third-order valence-electron chi connectivity index (χ3n) is 6.90. The Morgan fingerprint density at radius 2 is 1.84 bits per heavy atom. The maximum atomic E-state index is 13.1. The number of carbonyl (C=O) groups is 1. The smallest absolute Gasteiger partial charge is 0.271 e. The van der Waals surface area contributed by atoms with E-state index in [-0.39, 0.29) is 10.5 Å². The third-order valence-corrected chi connectivity index (χ3v) is 9.32. The average Bonchev–Trinajstić information content (AvgIpc) is 3.56. The van der Waals surface area contributed by atoms with Gasteiger partial charge in [-0.25, -0.2) is 23.3 Å². The molecule has 0 unspecified atom stereocenters. The van der Waals surface area contributed by atoms with Gasteiger partial charge in [0, 0.05) is 18.0 Å². The minimum Gasteiger partial charge on any atom is -0.311 e. The van der Waals surface area contributed by atoms with Gasteiger partial charge in [-0.2, -0.15) is 10.2 Å². The molecule has 6 aromatic rings. The van der Waals surface area contributed by atoms with Crippen LogP contribution in [-0.2, 0) is 17.1 Å². The molecule has 0 aliphatic carbocycles. The number of fused-ring (bicyclic) bond motifs is 3. The zero-order valence-electron chi connectivity index (χ0n) is 24.2. The van der Waals surface area contributed by atoms with E-state index in [1.807, 2.05) is 68.8 Å². The number of hydrazone groups is 1. The highest BCUT2D eigenvalue weighted by Crippen LogP contribution is 2.32. The lowest BCUT2D eigenvalue weighted by Crippen LogP contribution is -2.19. The molecular formula is C30H27N9O3S2. The number of hydrogen-bond donors (Lipinski definition) is 2. The van der Waals surface area contributed by atoms with Gasteiger partial charge < -0.3 is 4.57 Å². The summed E-state index contributed by atoms with van der Waals surface area (Å²) in [5.41, 5.74) is 7.59. The van der Waals surface area contributed by atoms with E-state index in [2.05, 4.69) is 30.5 Å². The second kappa shape index (κ2) is 11.5. The van der Waals surface area contributed by atoms with Crippen molar-refractivity contribution in [3.8, 4) is 0 Å². The van der Waals surface area contributed by atoms with Gasteiger partial charge in [-0.15, -0.1) is 10.2 Å². The highest BCUT2D eigenvalue weighted by molar-refractivity contribution is 7.99. The number of para-hydroxylation sites is 1.